The first-order valence-corrected chi connectivity index (χ1v) is 10.8. The first-order chi connectivity index (χ1) is 13.7. The molecule has 2 N–H and O–H groups in total. The van der Waals surface area contributed by atoms with Crippen molar-refractivity contribution in [3.05, 3.63) is 59.0 Å². The van der Waals surface area contributed by atoms with Crippen molar-refractivity contribution < 1.29 is 4.79 Å². The Morgan fingerprint density at radius 3 is 2.93 bits per heavy atom. The Kier molecular flexibility index (Phi) is 4.53. The molecule has 0 radical (unpaired) electrons. The Balaban J connectivity index is 1.26. The molecule has 144 valence electrons. The van der Waals surface area contributed by atoms with Gasteiger partial charge in [-0.1, -0.05) is 18.2 Å². The maximum atomic E-state index is 12.8. The van der Waals surface area contributed by atoms with Crippen LogP contribution in [0.25, 0.3) is 10.6 Å². The van der Waals surface area contributed by atoms with Gasteiger partial charge in [0.1, 0.15) is 11.5 Å². The van der Waals surface area contributed by atoms with Crippen LogP contribution in [0.1, 0.15) is 41.1 Å². The van der Waals surface area contributed by atoms with Gasteiger partial charge in [0.2, 0.25) is 0 Å². The first kappa shape index (κ1) is 17.6. The van der Waals surface area contributed by atoms with Crippen molar-refractivity contribution in [2.75, 3.05) is 11.9 Å². The molecule has 2 saturated carbocycles. The average molecular weight is 393 g/mol. The monoisotopic (exact) mass is 392 g/mol. The number of hydrogen-bond donors (Lipinski definition) is 2. The number of benzene rings is 1. The van der Waals surface area contributed by atoms with Crippen LogP contribution in [-0.4, -0.2) is 28.3 Å². The first-order valence-electron chi connectivity index (χ1n) is 9.90. The summed E-state index contributed by atoms with van der Waals surface area (Å²) in [5, 5.41) is 13.2. The number of carbonyl (C=O) groups excluding carboxylic acids is 1. The van der Waals surface area contributed by atoms with E-state index >= 15 is 0 Å². The van der Waals surface area contributed by atoms with Crippen LogP contribution in [0.3, 0.4) is 0 Å². The third-order valence-electron chi connectivity index (χ3n) is 5.63. The third-order valence-corrected chi connectivity index (χ3v) is 6.52. The number of rotatable bonds is 7. The summed E-state index contributed by atoms with van der Waals surface area (Å²) in [6, 6.07) is 14.6. The fourth-order valence-corrected chi connectivity index (χ4v) is 4.34. The minimum atomic E-state index is -0.0919. The van der Waals surface area contributed by atoms with E-state index in [9.17, 15) is 4.79 Å². The van der Waals surface area contributed by atoms with E-state index in [4.69, 9.17) is 0 Å². The highest BCUT2D eigenvalue weighted by atomic mass is 32.1. The lowest BCUT2D eigenvalue weighted by molar-refractivity contribution is 0.102. The number of hydrogen-bond acceptors (Lipinski definition) is 4. The van der Waals surface area contributed by atoms with Gasteiger partial charge in [-0.2, -0.15) is 5.10 Å². The Morgan fingerprint density at radius 1 is 1.25 bits per heavy atom. The van der Waals surface area contributed by atoms with E-state index in [1.165, 1.54) is 24.8 Å². The molecule has 2 aliphatic rings. The van der Waals surface area contributed by atoms with Gasteiger partial charge >= 0.3 is 0 Å². The highest BCUT2D eigenvalue weighted by Crippen LogP contribution is 2.42. The topological polar surface area (TPSA) is 59.0 Å². The van der Waals surface area contributed by atoms with Gasteiger partial charge in [0.15, 0.2) is 0 Å². The van der Waals surface area contributed by atoms with Gasteiger partial charge in [-0.25, -0.2) is 0 Å². The molecule has 2 atom stereocenters. The van der Waals surface area contributed by atoms with E-state index in [1.54, 1.807) is 16.0 Å². The molecule has 1 amide bonds. The second-order valence-electron chi connectivity index (χ2n) is 7.90. The van der Waals surface area contributed by atoms with Gasteiger partial charge in [-0.3, -0.25) is 9.48 Å². The zero-order valence-corrected chi connectivity index (χ0v) is 16.7. The number of aryl methyl sites for hydroxylation is 1. The summed E-state index contributed by atoms with van der Waals surface area (Å²) in [7, 11) is 1.85. The minimum absolute atomic E-state index is 0.0919. The van der Waals surface area contributed by atoms with E-state index in [-0.39, 0.29) is 5.91 Å². The second kappa shape index (κ2) is 7.18. The second-order valence-corrected chi connectivity index (χ2v) is 8.84. The van der Waals surface area contributed by atoms with Gasteiger partial charge in [0.25, 0.3) is 5.91 Å². The molecule has 3 aromatic rings. The fraction of sp³-hybridized carbons (Fsp3) is 0.364. The standard InChI is InChI=1S/C22H24N4OS/c1-26-21(12-19(25-26)20-6-3-9-28-20)24-22(27)16-5-2-4-15(10-16)17-11-18(17)23-13-14-7-8-14/h2-6,9-10,12,14,17-18,23H,7-8,11,13H2,1H3,(H,24,27)/t17-,18+/m0/s1. The summed E-state index contributed by atoms with van der Waals surface area (Å²) in [5.41, 5.74) is 2.83. The molecule has 28 heavy (non-hydrogen) atoms. The fourth-order valence-electron chi connectivity index (χ4n) is 3.66. The summed E-state index contributed by atoms with van der Waals surface area (Å²) in [4.78, 5) is 13.9. The molecule has 2 fully saturated rings. The predicted molar refractivity (Wildman–Crippen MR) is 113 cm³/mol. The highest BCUT2D eigenvalue weighted by molar-refractivity contribution is 7.13. The molecule has 0 spiro atoms. The number of carbonyl (C=O) groups is 1. The van der Waals surface area contributed by atoms with Crippen molar-refractivity contribution in [2.24, 2.45) is 13.0 Å². The lowest BCUT2D eigenvalue weighted by Gasteiger charge is -2.07. The summed E-state index contributed by atoms with van der Waals surface area (Å²) in [6.45, 7) is 1.15. The molecule has 2 aromatic heterocycles. The van der Waals surface area contributed by atoms with Crippen LogP contribution >= 0.6 is 11.3 Å². The van der Waals surface area contributed by atoms with Crippen LogP contribution in [-0.2, 0) is 7.05 Å². The normalized spacial score (nSPS) is 20.9. The number of nitrogens with one attached hydrogen (secondary N) is 2. The smallest absolute Gasteiger partial charge is 0.256 e. The average Bonchev–Trinajstić information content (AvgIpc) is 3.59. The van der Waals surface area contributed by atoms with Crippen LogP contribution in [0.2, 0.25) is 0 Å². The molecule has 6 heteroatoms. The van der Waals surface area contributed by atoms with Crippen LogP contribution in [0.15, 0.2) is 47.8 Å². The van der Waals surface area contributed by atoms with Crippen molar-refractivity contribution in [1.29, 1.82) is 0 Å². The quantitative estimate of drug-likeness (QED) is 0.632. The Bertz CT molecular complexity index is 990. The molecule has 0 aliphatic heterocycles. The zero-order valence-electron chi connectivity index (χ0n) is 15.9. The summed E-state index contributed by atoms with van der Waals surface area (Å²) >= 11 is 1.64. The van der Waals surface area contributed by atoms with Crippen molar-refractivity contribution in [3.8, 4) is 10.6 Å². The number of amides is 1. The van der Waals surface area contributed by atoms with Crippen molar-refractivity contribution in [2.45, 2.75) is 31.2 Å². The molecule has 2 heterocycles. The van der Waals surface area contributed by atoms with Crippen molar-refractivity contribution in [3.63, 3.8) is 0 Å². The maximum absolute atomic E-state index is 12.8. The van der Waals surface area contributed by atoms with E-state index in [0.717, 1.165) is 23.0 Å². The van der Waals surface area contributed by atoms with Crippen LogP contribution < -0.4 is 10.6 Å². The molecule has 5 nitrogen and oxygen atoms in total. The Labute approximate surface area is 168 Å². The van der Waals surface area contributed by atoms with Gasteiger partial charge < -0.3 is 10.6 Å². The third kappa shape index (κ3) is 3.75. The van der Waals surface area contributed by atoms with E-state index < -0.39 is 0 Å². The van der Waals surface area contributed by atoms with Gasteiger partial charge in [0.05, 0.1) is 4.88 Å². The maximum Gasteiger partial charge on any atom is 0.256 e. The highest BCUT2D eigenvalue weighted by Gasteiger charge is 2.39. The van der Waals surface area contributed by atoms with Gasteiger partial charge in [-0.15, -0.1) is 11.3 Å². The summed E-state index contributed by atoms with van der Waals surface area (Å²) in [5.74, 6) is 2.05. The molecular weight excluding hydrogens is 368 g/mol. The van der Waals surface area contributed by atoms with Gasteiger partial charge in [0, 0.05) is 30.6 Å². The summed E-state index contributed by atoms with van der Waals surface area (Å²) < 4.78 is 1.72. The molecule has 0 saturated heterocycles. The lowest BCUT2D eigenvalue weighted by atomic mass is 10.1. The van der Waals surface area contributed by atoms with Crippen molar-refractivity contribution >= 4 is 23.1 Å². The number of anilines is 1. The molecule has 2 aliphatic carbocycles. The van der Waals surface area contributed by atoms with Crippen LogP contribution in [0, 0.1) is 5.92 Å². The van der Waals surface area contributed by atoms with E-state index in [1.807, 2.05) is 48.8 Å². The summed E-state index contributed by atoms with van der Waals surface area (Å²) in [6.07, 6.45) is 3.92. The molecular formula is C22H24N4OS. The number of thiophene rings is 1. The largest absolute Gasteiger partial charge is 0.313 e. The Hall–Kier alpha value is -2.44. The number of aromatic nitrogens is 2. The zero-order chi connectivity index (χ0) is 19.1. The predicted octanol–water partition coefficient (Wildman–Crippen LogP) is 4.26. The minimum Gasteiger partial charge on any atom is -0.313 e. The molecule has 0 bridgehead atoms. The van der Waals surface area contributed by atoms with Crippen LogP contribution in [0.4, 0.5) is 5.82 Å². The van der Waals surface area contributed by atoms with Crippen molar-refractivity contribution in [1.82, 2.24) is 15.1 Å². The lowest BCUT2D eigenvalue weighted by Crippen LogP contribution is -2.20. The van der Waals surface area contributed by atoms with Crippen LogP contribution in [0.5, 0.6) is 0 Å². The SMILES string of the molecule is Cn1nc(-c2cccs2)cc1NC(=O)c1cccc([C@@H]2C[C@H]2NCC2CC2)c1. The molecule has 1 aromatic carbocycles. The molecule has 0 unspecified atom stereocenters. The Morgan fingerprint density at radius 2 is 2.14 bits per heavy atom. The van der Waals surface area contributed by atoms with E-state index in [0.29, 0.717) is 23.3 Å². The van der Waals surface area contributed by atoms with Gasteiger partial charge in [-0.05, 0) is 60.9 Å². The molecule has 5 rings (SSSR count). The van der Waals surface area contributed by atoms with E-state index in [2.05, 4.69) is 21.8 Å². The number of nitrogens with zero attached hydrogens (tertiary/aromatic N) is 2.